The summed E-state index contributed by atoms with van der Waals surface area (Å²) in [5, 5.41) is 4.94. The number of aryl methyl sites for hydroxylation is 2. The fraction of sp³-hybridized carbons (Fsp3) is 0.471. The van der Waals surface area contributed by atoms with Gasteiger partial charge in [-0.05, 0) is 32.8 Å². The van der Waals surface area contributed by atoms with Crippen molar-refractivity contribution < 1.29 is 22.7 Å². The molecule has 11 heteroatoms. The van der Waals surface area contributed by atoms with Crippen LogP contribution in [0.1, 0.15) is 35.9 Å². The number of sulfonamides is 1. The molecule has 9 nitrogen and oxygen atoms in total. The largest absolute Gasteiger partial charge is 0.461 e. The number of ether oxygens (including phenoxy) is 1. The van der Waals surface area contributed by atoms with Gasteiger partial charge < -0.3 is 14.6 Å². The Morgan fingerprint density at radius 1 is 1.43 bits per heavy atom. The minimum absolute atomic E-state index is 0.0390. The molecule has 2 aromatic rings. The van der Waals surface area contributed by atoms with Crippen LogP contribution in [0.4, 0.5) is 5.13 Å². The first kappa shape index (κ1) is 20.5. The molecule has 28 heavy (non-hydrogen) atoms. The van der Waals surface area contributed by atoms with E-state index in [2.05, 4.69) is 10.3 Å². The van der Waals surface area contributed by atoms with Crippen LogP contribution in [-0.2, 0) is 26.6 Å². The van der Waals surface area contributed by atoms with E-state index in [9.17, 15) is 18.0 Å². The van der Waals surface area contributed by atoms with Crippen molar-refractivity contribution in [1.29, 1.82) is 0 Å². The maximum Gasteiger partial charge on any atom is 0.354 e. The van der Waals surface area contributed by atoms with Crippen LogP contribution in [0.15, 0.2) is 22.5 Å². The van der Waals surface area contributed by atoms with Crippen LogP contribution in [-0.4, -0.2) is 53.3 Å². The van der Waals surface area contributed by atoms with Crippen LogP contribution in [0.3, 0.4) is 0 Å². The number of carbonyl (C=O) groups excluding carboxylic acids is 2. The van der Waals surface area contributed by atoms with Gasteiger partial charge in [-0.1, -0.05) is 0 Å². The SMILES string of the molecule is CCOC(=O)c1cc(S(=O)(=O)N2CCC[C@@H]2C(=O)Nc2nc(C)cs2)cn1C. The summed E-state index contributed by atoms with van der Waals surface area (Å²) in [6.07, 6.45) is 2.36. The Kier molecular flexibility index (Phi) is 5.87. The normalized spacial score (nSPS) is 17.6. The van der Waals surface area contributed by atoms with E-state index in [1.165, 1.54) is 32.5 Å². The monoisotopic (exact) mass is 426 g/mol. The molecule has 2 aromatic heterocycles. The minimum atomic E-state index is -3.94. The molecule has 1 aliphatic rings. The molecule has 1 amide bonds. The van der Waals surface area contributed by atoms with Gasteiger partial charge >= 0.3 is 5.97 Å². The predicted molar refractivity (Wildman–Crippen MR) is 104 cm³/mol. The summed E-state index contributed by atoms with van der Waals surface area (Å²) in [6.45, 7) is 3.92. The quantitative estimate of drug-likeness (QED) is 0.705. The van der Waals surface area contributed by atoms with Gasteiger partial charge in [-0.2, -0.15) is 4.31 Å². The van der Waals surface area contributed by atoms with E-state index in [1.807, 2.05) is 6.92 Å². The molecule has 0 saturated carbocycles. The third kappa shape index (κ3) is 3.96. The van der Waals surface area contributed by atoms with Crippen molar-refractivity contribution in [2.75, 3.05) is 18.5 Å². The van der Waals surface area contributed by atoms with Crippen molar-refractivity contribution in [2.24, 2.45) is 7.05 Å². The smallest absolute Gasteiger partial charge is 0.354 e. The van der Waals surface area contributed by atoms with Crippen LogP contribution in [0.5, 0.6) is 0 Å². The summed E-state index contributed by atoms with van der Waals surface area (Å²) >= 11 is 1.29. The van der Waals surface area contributed by atoms with Gasteiger partial charge in [0.05, 0.1) is 12.3 Å². The number of carbonyl (C=O) groups is 2. The molecular weight excluding hydrogens is 404 g/mol. The van der Waals surface area contributed by atoms with E-state index >= 15 is 0 Å². The van der Waals surface area contributed by atoms with Crippen molar-refractivity contribution >= 4 is 38.4 Å². The Morgan fingerprint density at radius 2 is 2.18 bits per heavy atom. The Morgan fingerprint density at radius 3 is 2.82 bits per heavy atom. The van der Waals surface area contributed by atoms with Crippen LogP contribution < -0.4 is 5.32 Å². The molecule has 0 bridgehead atoms. The summed E-state index contributed by atoms with van der Waals surface area (Å²) in [5.41, 5.74) is 0.922. The summed E-state index contributed by atoms with van der Waals surface area (Å²) in [6, 6.07) is 0.464. The number of hydrogen-bond acceptors (Lipinski definition) is 7. The molecule has 1 atom stereocenters. The Hall–Kier alpha value is -2.24. The number of aromatic nitrogens is 2. The topological polar surface area (TPSA) is 111 Å². The van der Waals surface area contributed by atoms with Gasteiger partial charge in [-0.25, -0.2) is 18.2 Å². The van der Waals surface area contributed by atoms with Gasteiger partial charge in [0.15, 0.2) is 5.13 Å². The van der Waals surface area contributed by atoms with Gasteiger partial charge in [0.25, 0.3) is 0 Å². The van der Waals surface area contributed by atoms with E-state index < -0.39 is 27.9 Å². The standard InChI is InChI=1S/C17H22N4O5S2/c1-4-26-16(23)14-8-12(9-20(14)3)28(24,25)21-7-5-6-13(21)15(22)19-17-18-11(2)10-27-17/h8-10,13H,4-7H2,1-3H3,(H,18,19,22)/t13-/m1/s1. The Bertz CT molecular complexity index is 995. The number of thiazole rings is 1. The lowest BCUT2D eigenvalue weighted by molar-refractivity contribution is -0.119. The lowest BCUT2D eigenvalue weighted by Gasteiger charge is -2.22. The number of esters is 1. The number of rotatable bonds is 6. The van der Waals surface area contributed by atoms with E-state index in [0.717, 1.165) is 5.69 Å². The van der Waals surface area contributed by atoms with Crippen LogP contribution >= 0.6 is 11.3 Å². The maximum absolute atomic E-state index is 13.1. The third-order valence-corrected chi connectivity index (χ3v) is 7.18. The molecule has 0 radical (unpaired) electrons. The van der Waals surface area contributed by atoms with Crippen LogP contribution in [0.25, 0.3) is 0 Å². The summed E-state index contributed by atoms with van der Waals surface area (Å²) in [5.74, 6) is -1.00. The molecular formula is C17H22N4O5S2. The zero-order valence-electron chi connectivity index (χ0n) is 15.8. The molecule has 0 spiro atoms. The van der Waals surface area contributed by atoms with E-state index in [-0.39, 0.29) is 23.7 Å². The van der Waals surface area contributed by atoms with Crippen molar-refractivity contribution in [3.05, 3.63) is 29.0 Å². The molecule has 3 rings (SSSR count). The average molecular weight is 427 g/mol. The molecule has 0 unspecified atom stereocenters. The van der Waals surface area contributed by atoms with Crippen molar-refractivity contribution in [3.63, 3.8) is 0 Å². The Balaban J connectivity index is 1.83. The van der Waals surface area contributed by atoms with Gasteiger partial charge in [-0.3, -0.25) is 4.79 Å². The number of hydrogen-bond donors (Lipinski definition) is 1. The molecule has 0 aromatic carbocycles. The van der Waals surface area contributed by atoms with Crippen molar-refractivity contribution in [2.45, 2.75) is 37.6 Å². The van der Waals surface area contributed by atoms with Crippen LogP contribution in [0.2, 0.25) is 0 Å². The number of nitrogens with one attached hydrogen (secondary N) is 1. The van der Waals surface area contributed by atoms with Crippen molar-refractivity contribution in [1.82, 2.24) is 13.9 Å². The van der Waals surface area contributed by atoms with Crippen LogP contribution in [0, 0.1) is 6.92 Å². The highest BCUT2D eigenvalue weighted by atomic mass is 32.2. The first-order chi connectivity index (χ1) is 13.2. The second-order valence-electron chi connectivity index (χ2n) is 6.45. The van der Waals surface area contributed by atoms with E-state index in [4.69, 9.17) is 4.74 Å². The maximum atomic E-state index is 13.1. The summed E-state index contributed by atoms with van der Waals surface area (Å²) in [7, 11) is -2.37. The molecule has 3 heterocycles. The van der Waals surface area contributed by atoms with Gasteiger partial charge in [0.1, 0.15) is 16.6 Å². The summed E-state index contributed by atoms with van der Waals surface area (Å²) in [4.78, 5) is 28.8. The highest BCUT2D eigenvalue weighted by Gasteiger charge is 2.40. The van der Waals surface area contributed by atoms with E-state index in [0.29, 0.717) is 18.0 Å². The lowest BCUT2D eigenvalue weighted by Crippen LogP contribution is -2.43. The average Bonchev–Trinajstić information content (AvgIpc) is 3.35. The predicted octanol–water partition coefficient (Wildman–Crippen LogP) is 1.76. The zero-order valence-corrected chi connectivity index (χ0v) is 17.5. The molecule has 1 aliphatic heterocycles. The molecule has 1 fully saturated rings. The first-order valence-electron chi connectivity index (χ1n) is 8.82. The highest BCUT2D eigenvalue weighted by molar-refractivity contribution is 7.89. The third-order valence-electron chi connectivity index (χ3n) is 4.43. The second-order valence-corrected chi connectivity index (χ2v) is 9.20. The first-order valence-corrected chi connectivity index (χ1v) is 11.1. The lowest BCUT2D eigenvalue weighted by atomic mass is 10.2. The number of nitrogens with zero attached hydrogens (tertiary/aromatic N) is 3. The fourth-order valence-corrected chi connectivity index (χ4v) is 5.53. The molecule has 1 N–H and O–H groups in total. The molecule has 0 aliphatic carbocycles. The zero-order chi connectivity index (χ0) is 20.5. The fourth-order valence-electron chi connectivity index (χ4n) is 3.11. The van der Waals surface area contributed by atoms with Crippen molar-refractivity contribution in [3.8, 4) is 0 Å². The second kappa shape index (κ2) is 8.02. The summed E-state index contributed by atoms with van der Waals surface area (Å²) < 4.78 is 33.8. The molecule has 1 saturated heterocycles. The number of anilines is 1. The minimum Gasteiger partial charge on any atom is -0.461 e. The van der Waals surface area contributed by atoms with Gasteiger partial charge in [-0.15, -0.1) is 11.3 Å². The number of amides is 1. The van der Waals surface area contributed by atoms with Gasteiger partial charge in [0, 0.05) is 25.2 Å². The van der Waals surface area contributed by atoms with Gasteiger partial charge in [0.2, 0.25) is 15.9 Å². The Labute approximate surface area is 167 Å². The highest BCUT2D eigenvalue weighted by Crippen LogP contribution is 2.28. The molecule has 152 valence electrons. The van der Waals surface area contributed by atoms with E-state index in [1.54, 1.807) is 19.4 Å².